The first-order chi connectivity index (χ1) is 17.5. The summed E-state index contributed by atoms with van der Waals surface area (Å²) in [7, 11) is 1.94. The van der Waals surface area contributed by atoms with Crippen LogP contribution in [-0.2, 0) is 24.4 Å². The molecular weight excluding hydrogens is 446 g/mol. The third-order valence-corrected chi connectivity index (χ3v) is 9.10. The number of aryl methyl sites for hydroxylation is 2. The molecule has 36 heavy (non-hydrogen) atoms. The van der Waals surface area contributed by atoms with E-state index in [9.17, 15) is 4.79 Å². The standard InChI is InChI=1S/C30H45N5O/c1-4-35-22-26(23(2)31-35)20-32(3)29(36)16-8-15-28-27-14-10-18-33-17-9-13-25(30(27)33)21-34(28)19-24-11-6-5-7-12-24/h5-7,11-12,22,25,27-28,30H,4,8-10,13-21H2,1-3H3/t25-,27+,28+,30-/m0/s1. The van der Waals surface area contributed by atoms with Gasteiger partial charge in [-0.1, -0.05) is 30.3 Å². The van der Waals surface area contributed by atoms with Crippen LogP contribution in [0.5, 0.6) is 0 Å². The number of carbonyl (C=O) groups excluding carboxylic acids is 1. The monoisotopic (exact) mass is 491 g/mol. The molecule has 1 aromatic carbocycles. The van der Waals surface area contributed by atoms with Crippen molar-refractivity contribution in [3.63, 3.8) is 0 Å². The molecule has 1 aromatic heterocycles. The number of benzene rings is 1. The van der Waals surface area contributed by atoms with Crippen molar-refractivity contribution < 1.29 is 4.79 Å². The van der Waals surface area contributed by atoms with E-state index in [-0.39, 0.29) is 5.91 Å². The van der Waals surface area contributed by atoms with Crippen LogP contribution in [0.25, 0.3) is 0 Å². The first kappa shape index (κ1) is 25.5. The molecule has 0 unspecified atom stereocenters. The van der Waals surface area contributed by atoms with Gasteiger partial charge in [-0.3, -0.25) is 19.3 Å². The van der Waals surface area contributed by atoms with E-state index in [0.29, 0.717) is 19.0 Å². The predicted molar refractivity (Wildman–Crippen MR) is 144 cm³/mol. The zero-order valence-electron chi connectivity index (χ0n) is 22.6. The van der Waals surface area contributed by atoms with E-state index in [1.54, 1.807) is 0 Å². The van der Waals surface area contributed by atoms with Crippen LogP contribution < -0.4 is 0 Å². The fourth-order valence-corrected chi connectivity index (χ4v) is 7.35. The molecule has 0 radical (unpaired) electrons. The number of aromatic nitrogens is 2. The third kappa shape index (κ3) is 5.55. The van der Waals surface area contributed by atoms with Crippen molar-refractivity contribution in [2.45, 2.75) is 90.5 Å². The second-order valence-corrected chi connectivity index (χ2v) is 11.5. The Balaban J connectivity index is 1.23. The summed E-state index contributed by atoms with van der Waals surface area (Å²) in [4.78, 5) is 20.6. The van der Waals surface area contributed by atoms with E-state index in [1.807, 2.05) is 23.6 Å². The lowest BCUT2D eigenvalue weighted by atomic mass is 9.69. The number of amides is 1. The fourth-order valence-electron chi connectivity index (χ4n) is 7.35. The molecule has 0 N–H and O–H groups in total. The van der Waals surface area contributed by atoms with Crippen LogP contribution in [0.2, 0.25) is 0 Å². The summed E-state index contributed by atoms with van der Waals surface area (Å²) in [5.74, 6) is 1.81. The lowest BCUT2D eigenvalue weighted by Crippen LogP contribution is -2.64. The van der Waals surface area contributed by atoms with Crippen LogP contribution in [0, 0.1) is 18.8 Å². The lowest BCUT2D eigenvalue weighted by Gasteiger charge is -2.57. The van der Waals surface area contributed by atoms with Gasteiger partial charge in [0.15, 0.2) is 0 Å². The lowest BCUT2D eigenvalue weighted by molar-refractivity contribution is -0.130. The molecule has 3 aliphatic rings. The highest BCUT2D eigenvalue weighted by atomic mass is 16.2. The molecular formula is C30H45N5O. The van der Waals surface area contributed by atoms with Crippen LogP contribution in [0.15, 0.2) is 36.5 Å². The second kappa shape index (κ2) is 11.5. The van der Waals surface area contributed by atoms with E-state index >= 15 is 0 Å². The molecule has 6 nitrogen and oxygen atoms in total. The highest BCUT2D eigenvalue weighted by Crippen LogP contribution is 2.43. The minimum Gasteiger partial charge on any atom is -0.341 e. The van der Waals surface area contributed by atoms with Crippen LogP contribution >= 0.6 is 0 Å². The first-order valence-corrected chi connectivity index (χ1v) is 14.3. The molecule has 4 heterocycles. The third-order valence-electron chi connectivity index (χ3n) is 9.10. The van der Waals surface area contributed by atoms with Gasteiger partial charge in [-0.2, -0.15) is 5.10 Å². The van der Waals surface area contributed by atoms with E-state index in [0.717, 1.165) is 55.1 Å². The fraction of sp³-hybridized carbons (Fsp3) is 0.667. The molecule has 3 aliphatic heterocycles. The van der Waals surface area contributed by atoms with Crippen molar-refractivity contribution in [2.24, 2.45) is 11.8 Å². The first-order valence-electron chi connectivity index (χ1n) is 14.3. The quantitative estimate of drug-likeness (QED) is 0.509. The van der Waals surface area contributed by atoms with Gasteiger partial charge in [0.2, 0.25) is 5.91 Å². The average Bonchev–Trinajstić information content (AvgIpc) is 3.25. The zero-order valence-corrected chi connectivity index (χ0v) is 22.6. The largest absolute Gasteiger partial charge is 0.341 e. The summed E-state index contributed by atoms with van der Waals surface area (Å²) in [6.45, 7) is 10.5. The molecule has 0 aliphatic carbocycles. The number of carbonyl (C=O) groups is 1. The molecule has 4 atom stereocenters. The van der Waals surface area contributed by atoms with Gasteiger partial charge < -0.3 is 4.90 Å². The van der Waals surface area contributed by atoms with Gasteiger partial charge in [0.05, 0.1) is 5.69 Å². The maximum Gasteiger partial charge on any atom is 0.222 e. The Hall–Kier alpha value is -2.18. The molecule has 0 saturated carbocycles. The topological polar surface area (TPSA) is 44.6 Å². The molecule has 6 heteroatoms. The number of hydrogen-bond donors (Lipinski definition) is 0. The number of hydrogen-bond acceptors (Lipinski definition) is 4. The minimum atomic E-state index is 0.255. The van der Waals surface area contributed by atoms with Gasteiger partial charge in [0.25, 0.3) is 0 Å². The Morgan fingerprint density at radius 3 is 2.67 bits per heavy atom. The van der Waals surface area contributed by atoms with Gasteiger partial charge in [-0.25, -0.2) is 0 Å². The highest BCUT2D eigenvalue weighted by molar-refractivity contribution is 5.75. The van der Waals surface area contributed by atoms with Crippen molar-refractivity contribution in [3.8, 4) is 0 Å². The van der Waals surface area contributed by atoms with E-state index < -0.39 is 0 Å². The summed E-state index contributed by atoms with van der Waals surface area (Å²) in [6, 6.07) is 12.3. The van der Waals surface area contributed by atoms with Crippen LogP contribution in [-0.4, -0.2) is 69.2 Å². The Morgan fingerprint density at radius 2 is 1.92 bits per heavy atom. The smallest absolute Gasteiger partial charge is 0.222 e. The van der Waals surface area contributed by atoms with Gasteiger partial charge in [0, 0.05) is 63.5 Å². The predicted octanol–water partition coefficient (Wildman–Crippen LogP) is 4.72. The molecule has 0 spiro atoms. The van der Waals surface area contributed by atoms with E-state index in [2.05, 4.69) is 58.4 Å². The number of piperidine rings is 3. The highest BCUT2D eigenvalue weighted by Gasteiger charge is 2.48. The summed E-state index contributed by atoms with van der Waals surface area (Å²) in [6.07, 6.45) is 10.2. The van der Waals surface area contributed by atoms with Crippen molar-refractivity contribution >= 4 is 5.91 Å². The van der Waals surface area contributed by atoms with Gasteiger partial charge in [0.1, 0.15) is 0 Å². The molecule has 0 bridgehead atoms. The molecule has 3 fully saturated rings. The minimum absolute atomic E-state index is 0.255. The maximum atomic E-state index is 13.1. The number of rotatable bonds is 9. The molecule has 196 valence electrons. The van der Waals surface area contributed by atoms with Gasteiger partial charge in [-0.05, 0) is 82.9 Å². The van der Waals surface area contributed by atoms with Crippen LogP contribution in [0.1, 0.15) is 68.7 Å². The Kier molecular flexibility index (Phi) is 8.12. The SMILES string of the molecule is CCn1cc(CN(C)C(=O)CCC[C@@H]2[C@H]3CCCN4CCC[C@@H](CN2Cc2ccccc2)[C@@H]34)c(C)n1. The van der Waals surface area contributed by atoms with Crippen molar-refractivity contribution in [1.82, 2.24) is 24.5 Å². The number of nitrogens with zero attached hydrogens (tertiary/aromatic N) is 5. The van der Waals surface area contributed by atoms with Crippen molar-refractivity contribution in [3.05, 3.63) is 53.3 Å². The average molecular weight is 492 g/mol. The Morgan fingerprint density at radius 1 is 1.14 bits per heavy atom. The zero-order chi connectivity index (χ0) is 25.1. The molecule has 5 rings (SSSR count). The summed E-state index contributed by atoms with van der Waals surface area (Å²) in [5, 5.41) is 4.54. The van der Waals surface area contributed by atoms with Crippen molar-refractivity contribution in [2.75, 3.05) is 26.7 Å². The number of likely N-dealkylation sites (tertiary alicyclic amines) is 1. The van der Waals surface area contributed by atoms with Crippen molar-refractivity contribution in [1.29, 1.82) is 0 Å². The second-order valence-electron chi connectivity index (χ2n) is 11.5. The van der Waals surface area contributed by atoms with Gasteiger partial charge >= 0.3 is 0 Å². The normalized spacial score (nSPS) is 26.5. The summed E-state index contributed by atoms with van der Waals surface area (Å²) < 4.78 is 1.96. The van der Waals surface area contributed by atoms with E-state index in [1.165, 1.54) is 50.9 Å². The van der Waals surface area contributed by atoms with Crippen LogP contribution in [0.3, 0.4) is 0 Å². The molecule has 2 aromatic rings. The molecule has 3 saturated heterocycles. The van der Waals surface area contributed by atoms with Gasteiger partial charge in [-0.15, -0.1) is 0 Å². The Labute approximate surface area is 217 Å². The summed E-state index contributed by atoms with van der Waals surface area (Å²) in [5.41, 5.74) is 3.60. The maximum absolute atomic E-state index is 13.1. The van der Waals surface area contributed by atoms with Crippen LogP contribution in [0.4, 0.5) is 0 Å². The Bertz CT molecular complexity index is 1000. The van der Waals surface area contributed by atoms with E-state index in [4.69, 9.17) is 0 Å². The summed E-state index contributed by atoms with van der Waals surface area (Å²) >= 11 is 0. The molecule has 1 amide bonds.